The van der Waals surface area contributed by atoms with Crippen LogP contribution in [0.25, 0.3) is 0 Å². The van der Waals surface area contributed by atoms with Crippen molar-refractivity contribution in [2.75, 3.05) is 18.5 Å². The van der Waals surface area contributed by atoms with Gasteiger partial charge in [0, 0.05) is 11.6 Å². The fraction of sp³-hybridized carbons (Fsp3) is 0.368. The molecule has 142 valence electrons. The number of benzene rings is 1. The highest BCUT2D eigenvalue weighted by atomic mass is 16.6. The average molecular weight is 371 g/mol. The summed E-state index contributed by atoms with van der Waals surface area (Å²) >= 11 is 0. The summed E-state index contributed by atoms with van der Waals surface area (Å²) in [6, 6.07) is 8.34. The smallest absolute Gasteiger partial charge is 0.344 e. The summed E-state index contributed by atoms with van der Waals surface area (Å²) in [7, 11) is 0. The minimum absolute atomic E-state index is 0.303. The number of anilines is 1. The minimum atomic E-state index is -0.658. The largest absolute Gasteiger partial charge is 0.482 e. The van der Waals surface area contributed by atoms with E-state index < -0.39 is 18.5 Å². The van der Waals surface area contributed by atoms with E-state index in [9.17, 15) is 14.4 Å². The molecule has 1 aliphatic carbocycles. The Morgan fingerprint density at radius 2 is 1.89 bits per heavy atom. The quantitative estimate of drug-likeness (QED) is 0.565. The van der Waals surface area contributed by atoms with E-state index >= 15 is 0 Å². The van der Waals surface area contributed by atoms with Gasteiger partial charge in [0.15, 0.2) is 13.2 Å². The number of carbonyl (C=O) groups excluding carboxylic acids is 3. The first-order valence-corrected chi connectivity index (χ1v) is 8.83. The molecule has 0 unspecified atom stereocenters. The Bertz CT molecular complexity index is 794. The Kier molecular flexibility index (Phi) is 6.19. The number of hydrogen-bond acceptors (Lipinski definition) is 6. The first kappa shape index (κ1) is 18.6. The minimum Gasteiger partial charge on any atom is -0.482 e. The van der Waals surface area contributed by atoms with E-state index in [1.165, 1.54) is 0 Å². The lowest BCUT2D eigenvalue weighted by molar-refractivity contribution is -0.149. The molecular formula is C19H21N3O5. The van der Waals surface area contributed by atoms with Crippen LogP contribution in [-0.2, 0) is 14.3 Å². The van der Waals surface area contributed by atoms with Gasteiger partial charge in [0.2, 0.25) is 0 Å². The number of hydrogen-bond donors (Lipinski definition) is 1. The molecule has 0 saturated heterocycles. The van der Waals surface area contributed by atoms with Crippen molar-refractivity contribution in [3.8, 4) is 5.75 Å². The van der Waals surface area contributed by atoms with Crippen molar-refractivity contribution in [1.29, 1.82) is 0 Å². The van der Waals surface area contributed by atoms with Crippen LogP contribution in [0.2, 0.25) is 0 Å². The average Bonchev–Trinajstić information content (AvgIpc) is 3.36. The zero-order valence-electron chi connectivity index (χ0n) is 14.8. The maximum absolute atomic E-state index is 12.0. The van der Waals surface area contributed by atoms with E-state index in [2.05, 4.69) is 10.4 Å². The first-order chi connectivity index (χ1) is 13.2. The maximum Gasteiger partial charge on any atom is 0.344 e. The predicted molar refractivity (Wildman–Crippen MR) is 96.6 cm³/mol. The number of ether oxygens (including phenoxy) is 2. The zero-order valence-corrected chi connectivity index (χ0v) is 14.8. The van der Waals surface area contributed by atoms with Crippen LogP contribution in [0.5, 0.6) is 5.75 Å². The zero-order chi connectivity index (χ0) is 19.1. The summed E-state index contributed by atoms with van der Waals surface area (Å²) in [5.74, 6) is -0.0516. The molecule has 1 heterocycles. The number of rotatable bonds is 8. The standard InChI is InChI=1S/C19H21N3O5/c23-11-14-5-7-16(8-6-14)26-13-19(25)27-12-18(24)21-17-9-10-20-22(17)15-3-1-2-4-15/h5-11,15H,1-4,12-13H2,(H,21,24). The van der Waals surface area contributed by atoms with Crippen LogP contribution in [0, 0.1) is 0 Å². The van der Waals surface area contributed by atoms with Crippen molar-refractivity contribution in [2.45, 2.75) is 31.7 Å². The highest BCUT2D eigenvalue weighted by Gasteiger charge is 2.20. The number of amides is 1. The number of aldehydes is 1. The van der Waals surface area contributed by atoms with E-state index in [1.54, 1.807) is 36.5 Å². The maximum atomic E-state index is 12.0. The van der Waals surface area contributed by atoms with Crippen molar-refractivity contribution < 1.29 is 23.9 Å². The van der Waals surface area contributed by atoms with Crippen molar-refractivity contribution in [3.05, 3.63) is 42.1 Å². The third kappa shape index (κ3) is 5.16. The monoisotopic (exact) mass is 371 g/mol. The molecule has 1 saturated carbocycles. The number of nitrogens with zero attached hydrogens (tertiary/aromatic N) is 2. The van der Waals surface area contributed by atoms with E-state index in [-0.39, 0.29) is 6.61 Å². The summed E-state index contributed by atoms with van der Waals surface area (Å²) in [6.07, 6.45) is 6.77. The van der Waals surface area contributed by atoms with E-state index in [1.807, 2.05) is 4.68 Å². The Balaban J connectivity index is 1.41. The Morgan fingerprint density at radius 1 is 1.15 bits per heavy atom. The highest BCUT2D eigenvalue weighted by Crippen LogP contribution is 2.31. The SMILES string of the molecule is O=Cc1ccc(OCC(=O)OCC(=O)Nc2ccnn2C2CCCC2)cc1. The fourth-order valence-corrected chi connectivity index (χ4v) is 3.00. The molecule has 0 spiro atoms. The second-order valence-corrected chi connectivity index (χ2v) is 6.28. The molecule has 0 aliphatic heterocycles. The number of carbonyl (C=O) groups is 3. The predicted octanol–water partition coefficient (Wildman–Crippen LogP) is 2.37. The molecule has 0 atom stereocenters. The fourth-order valence-electron chi connectivity index (χ4n) is 3.00. The highest BCUT2D eigenvalue weighted by molar-refractivity contribution is 5.92. The van der Waals surface area contributed by atoms with Crippen LogP contribution in [0.1, 0.15) is 42.1 Å². The van der Waals surface area contributed by atoms with Gasteiger partial charge in [0.1, 0.15) is 17.9 Å². The van der Waals surface area contributed by atoms with Gasteiger partial charge in [0.25, 0.3) is 5.91 Å². The van der Waals surface area contributed by atoms with Crippen LogP contribution < -0.4 is 10.1 Å². The lowest BCUT2D eigenvalue weighted by Gasteiger charge is -2.14. The van der Waals surface area contributed by atoms with Crippen molar-refractivity contribution in [2.24, 2.45) is 0 Å². The molecule has 1 aliphatic rings. The Labute approximate surface area is 156 Å². The van der Waals surface area contributed by atoms with Crippen molar-refractivity contribution in [1.82, 2.24) is 9.78 Å². The Hall–Kier alpha value is -3.16. The molecule has 8 heteroatoms. The molecular weight excluding hydrogens is 350 g/mol. The van der Waals surface area contributed by atoms with Crippen LogP contribution in [-0.4, -0.2) is 41.2 Å². The lowest BCUT2D eigenvalue weighted by atomic mass is 10.2. The normalized spacial score (nSPS) is 13.9. The van der Waals surface area contributed by atoms with Gasteiger partial charge < -0.3 is 14.8 Å². The van der Waals surface area contributed by atoms with Crippen LogP contribution >= 0.6 is 0 Å². The van der Waals surface area contributed by atoms with E-state index in [0.29, 0.717) is 23.2 Å². The molecule has 1 fully saturated rings. The second kappa shape index (κ2) is 8.98. The molecule has 0 radical (unpaired) electrons. The second-order valence-electron chi connectivity index (χ2n) is 6.28. The molecule has 3 rings (SSSR count). The summed E-state index contributed by atoms with van der Waals surface area (Å²) in [5.41, 5.74) is 0.512. The molecule has 8 nitrogen and oxygen atoms in total. The molecule has 1 amide bonds. The van der Waals surface area contributed by atoms with Gasteiger partial charge in [-0.3, -0.25) is 9.59 Å². The molecule has 2 aromatic rings. The van der Waals surface area contributed by atoms with Gasteiger partial charge in [-0.2, -0.15) is 5.10 Å². The third-order valence-electron chi connectivity index (χ3n) is 4.35. The summed E-state index contributed by atoms with van der Waals surface area (Å²) in [4.78, 5) is 34.3. The molecule has 1 aromatic heterocycles. The van der Waals surface area contributed by atoms with E-state index in [0.717, 1.165) is 32.0 Å². The number of aromatic nitrogens is 2. The van der Waals surface area contributed by atoms with Gasteiger partial charge in [-0.05, 0) is 37.1 Å². The lowest BCUT2D eigenvalue weighted by Crippen LogP contribution is -2.25. The summed E-state index contributed by atoms with van der Waals surface area (Å²) in [6.45, 7) is -0.726. The molecule has 1 N–H and O–H groups in total. The molecule has 0 bridgehead atoms. The van der Waals surface area contributed by atoms with Gasteiger partial charge >= 0.3 is 5.97 Å². The van der Waals surface area contributed by atoms with Crippen LogP contribution in [0.3, 0.4) is 0 Å². The van der Waals surface area contributed by atoms with E-state index in [4.69, 9.17) is 9.47 Å². The Morgan fingerprint density at radius 3 is 2.59 bits per heavy atom. The van der Waals surface area contributed by atoms with Crippen molar-refractivity contribution >= 4 is 24.0 Å². The molecule has 27 heavy (non-hydrogen) atoms. The van der Waals surface area contributed by atoms with Crippen LogP contribution in [0.15, 0.2) is 36.5 Å². The topological polar surface area (TPSA) is 99.5 Å². The summed E-state index contributed by atoms with van der Waals surface area (Å²) < 4.78 is 12.0. The molecule has 1 aromatic carbocycles. The third-order valence-corrected chi connectivity index (χ3v) is 4.35. The van der Waals surface area contributed by atoms with Gasteiger partial charge in [-0.15, -0.1) is 0 Å². The van der Waals surface area contributed by atoms with Crippen molar-refractivity contribution in [3.63, 3.8) is 0 Å². The van der Waals surface area contributed by atoms with Crippen LogP contribution in [0.4, 0.5) is 5.82 Å². The van der Waals surface area contributed by atoms with Gasteiger partial charge in [-0.25, -0.2) is 9.48 Å². The number of esters is 1. The van der Waals surface area contributed by atoms with Gasteiger partial charge in [0.05, 0.1) is 12.2 Å². The number of nitrogens with one attached hydrogen (secondary N) is 1. The van der Waals surface area contributed by atoms with Gasteiger partial charge in [-0.1, -0.05) is 12.8 Å². The summed E-state index contributed by atoms with van der Waals surface area (Å²) in [5, 5.41) is 6.99. The first-order valence-electron chi connectivity index (χ1n) is 8.83.